The highest BCUT2D eigenvalue weighted by Crippen LogP contribution is 2.52. The van der Waals surface area contributed by atoms with Gasteiger partial charge in [0.25, 0.3) is 0 Å². The van der Waals surface area contributed by atoms with E-state index in [0.29, 0.717) is 5.89 Å². The monoisotopic (exact) mass is 745 g/mol. The Morgan fingerprint density at radius 2 is 0.948 bits per heavy atom. The van der Waals surface area contributed by atoms with Crippen molar-refractivity contribution in [1.29, 1.82) is 0 Å². The highest BCUT2D eigenvalue weighted by Gasteiger charge is 2.28. The van der Waals surface area contributed by atoms with E-state index in [1.165, 1.54) is 16.5 Å². The van der Waals surface area contributed by atoms with Crippen LogP contribution in [0.15, 0.2) is 221 Å². The second-order valence-corrected chi connectivity index (χ2v) is 14.3. The van der Waals surface area contributed by atoms with Gasteiger partial charge in [0, 0.05) is 33.4 Å². The molecular weight excluding hydrogens is 711 g/mol. The van der Waals surface area contributed by atoms with Crippen LogP contribution in [0.4, 0.5) is 34.1 Å². The van der Waals surface area contributed by atoms with Gasteiger partial charge in [0.15, 0.2) is 5.58 Å². The second-order valence-electron chi connectivity index (χ2n) is 14.3. The van der Waals surface area contributed by atoms with Gasteiger partial charge in [-0.05, 0) is 95.4 Å². The summed E-state index contributed by atoms with van der Waals surface area (Å²) in [4.78, 5) is 9.63. The highest BCUT2D eigenvalue weighted by molar-refractivity contribution is 6.18. The Bertz CT molecular complexity index is 3210. The molecule has 58 heavy (non-hydrogen) atoms. The van der Waals surface area contributed by atoms with Gasteiger partial charge in [-0.3, -0.25) is 0 Å². The van der Waals surface area contributed by atoms with Gasteiger partial charge in [0.1, 0.15) is 16.7 Å². The summed E-state index contributed by atoms with van der Waals surface area (Å²) in [5.74, 6) is 0.569. The molecule has 0 unspecified atom stereocenters. The standard InChI is InChI=1S/C53H35N3O2/c1-4-17-36(18-5-1)41-31-32-46(43-26-11-10-25-42(41)43)56(39-22-8-3-9-23-39)47-33-34-50-51(44-27-12-14-29-48(44)57-50)52(47)55(38-20-6-2-7-21-38)40-24-16-19-37(35-40)53-54-45-28-13-15-30-49(45)58-53/h1-35H. The Morgan fingerprint density at radius 1 is 0.362 bits per heavy atom. The number of hydrogen-bond donors (Lipinski definition) is 0. The smallest absolute Gasteiger partial charge is 0.227 e. The minimum absolute atomic E-state index is 0.569. The van der Waals surface area contributed by atoms with Crippen LogP contribution in [0.1, 0.15) is 0 Å². The van der Waals surface area contributed by atoms with Crippen LogP contribution in [0, 0.1) is 0 Å². The van der Waals surface area contributed by atoms with Gasteiger partial charge in [0.2, 0.25) is 5.89 Å². The predicted octanol–water partition coefficient (Wildman–Crippen LogP) is 15.2. The van der Waals surface area contributed by atoms with E-state index in [9.17, 15) is 0 Å². The SMILES string of the molecule is c1ccc(-c2ccc(N(c3ccccc3)c3ccc4oc5ccccc5c4c3N(c3ccccc3)c3cccc(-c4nc5ccccc5o4)c3)c3ccccc23)cc1. The van der Waals surface area contributed by atoms with Crippen molar-refractivity contribution in [2.45, 2.75) is 0 Å². The first-order valence-electron chi connectivity index (χ1n) is 19.5. The summed E-state index contributed by atoms with van der Waals surface area (Å²) in [6.45, 7) is 0. The van der Waals surface area contributed by atoms with Crippen LogP contribution >= 0.6 is 0 Å². The van der Waals surface area contributed by atoms with Crippen molar-refractivity contribution in [1.82, 2.24) is 4.98 Å². The lowest BCUT2D eigenvalue weighted by atomic mass is 9.96. The van der Waals surface area contributed by atoms with Crippen molar-refractivity contribution in [2.75, 3.05) is 9.80 Å². The van der Waals surface area contributed by atoms with Gasteiger partial charge in [-0.25, -0.2) is 4.98 Å². The molecule has 0 atom stereocenters. The van der Waals surface area contributed by atoms with Gasteiger partial charge in [0.05, 0.1) is 22.4 Å². The highest BCUT2D eigenvalue weighted by atomic mass is 16.3. The summed E-state index contributed by atoms with van der Waals surface area (Å²) in [7, 11) is 0. The molecule has 0 aliphatic heterocycles. The molecule has 0 aliphatic carbocycles. The van der Waals surface area contributed by atoms with Crippen molar-refractivity contribution >= 4 is 77.9 Å². The number of nitrogens with zero attached hydrogens (tertiary/aromatic N) is 3. The van der Waals surface area contributed by atoms with Gasteiger partial charge >= 0.3 is 0 Å². The van der Waals surface area contributed by atoms with E-state index in [0.717, 1.165) is 78.1 Å². The molecule has 0 spiro atoms. The minimum Gasteiger partial charge on any atom is -0.456 e. The summed E-state index contributed by atoms with van der Waals surface area (Å²) >= 11 is 0. The normalized spacial score (nSPS) is 11.4. The lowest BCUT2D eigenvalue weighted by molar-refractivity contribution is 0.620. The summed E-state index contributed by atoms with van der Waals surface area (Å²) in [5, 5.41) is 4.35. The zero-order valence-electron chi connectivity index (χ0n) is 31.4. The molecule has 11 rings (SSSR count). The zero-order chi connectivity index (χ0) is 38.4. The Kier molecular flexibility index (Phi) is 8.07. The molecule has 2 heterocycles. The number of benzene rings is 9. The molecule has 0 amide bonds. The van der Waals surface area contributed by atoms with Gasteiger partial charge in [-0.2, -0.15) is 0 Å². The first-order chi connectivity index (χ1) is 28.8. The van der Waals surface area contributed by atoms with Crippen LogP contribution in [0.3, 0.4) is 0 Å². The average molecular weight is 746 g/mol. The minimum atomic E-state index is 0.569. The third-order valence-corrected chi connectivity index (χ3v) is 10.9. The molecule has 0 radical (unpaired) electrons. The lowest BCUT2D eigenvalue weighted by Crippen LogP contribution is -2.17. The third kappa shape index (κ3) is 5.68. The molecule has 0 saturated heterocycles. The van der Waals surface area contributed by atoms with Crippen LogP contribution in [0.2, 0.25) is 0 Å². The molecule has 274 valence electrons. The Hall–Kier alpha value is -7.89. The van der Waals surface area contributed by atoms with E-state index < -0.39 is 0 Å². The first kappa shape index (κ1) is 33.4. The number of anilines is 6. The van der Waals surface area contributed by atoms with Gasteiger partial charge in [-0.1, -0.05) is 133 Å². The molecule has 9 aromatic carbocycles. The zero-order valence-corrected chi connectivity index (χ0v) is 31.4. The Balaban J connectivity index is 1.23. The van der Waals surface area contributed by atoms with Crippen LogP contribution in [-0.2, 0) is 0 Å². The maximum Gasteiger partial charge on any atom is 0.227 e. The molecule has 0 fully saturated rings. The van der Waals surface area contributed by atoms with E-state index in [1.807, 2.05) is 36.4 Å². The average Bonchev–Trinajstić information content (AvgIpc) is 3.91. The van der Waals surface area contributed by atoms with Crippen molar-refractivity contribution in [2.24, 2.45) is 0 Å². The molecule has 0 saturated carbocycles. The largest absolute Gasteiger partial charge is 0.456 e. The number of hydrogen-bond acceptors (Lipinski definition) is 5. The molecule has 0 aliphatic rings. The topological polar surface area (TPSA) is 45.7 Å². The van der Waals surface area contributed by atoms with E-state index >= 15 is 0 Å². The fourth-order valence-corrected chi connectivity index (χ4v) is 8.29. The van der Waals surface area contributed by atoms with E-state index in [-0.39, 0.29) is 0 Å². The quantitative estimate of drug-likeness (QED) is 0.155. The Morgan fingerprint density at radius 3 is 1.71 bits per heavy atom. The molecular formula is C53H35N3O2. The Labute approximate surface area is 335 Å². The van der Waals surface area contributed by atoms with Crippen molar-refractivity contribution in [3.63, 3.8) is 0 Å². The van der Waals surface area contributed by atoms with E-state index in [4.69, 9.17) is 13.8 Å². The van der Waals surface area contributed by atoms with Crippen LogP contribution < -0.4 is 9.80 Å². The molecule has 0 N–H and O–H groups in total. The summed E-state index contributed by atoms with van der Waals surface area (Å²) in [6, 6.07) is 74.0. The molecule has 0 bridgehead atoms. The van der Waals surface area contributed by atoms with Crippen LogP contribution in [0.5, 0.6) is 0 Å². The number of furan rings is 1. The summed E-state index contributed by atoms with van der Waals surface area (Å²) in [6.07, 6.45) is 0. The third-order valence-electron chi connectivity index (χ3n) is 10.9. The maximum atomic E-state index is 6.65. The maximum absolute atomic E-state index is 6.65. The predicted molar refractivity (Wildman–Crippen MR) is 239 cm³/mol. The van der Waals surface area contributed by atoms with E-state index in [2.05, 4.69) is 186 Å². The van der Waals surface area contributed by atoms with Crippen molar-refractivity contribution in [3.8, 4) is 22.6 Å². The number of para-hydroxylation sites is 5. The first-order valence-corrected chi connectivity index (χ1v) is 19.5. The van der Waals surface area contributed by atoms with Gasteiger partial charge in [-0.15, -0.1) is 0 Å². The van der Waals surface area contributed by atoms with Gasteiger partial charge < -0.3 is 18.6 Å². The molecule has 5 nitrogen and oxygen atoms in total. The molecule has 2 aromatic heterocycles. The number of aromatic nitrogens is 1. The summed E-state index contributed by atoms with van der Waals surface area (Å²) in [5.41, 5.74) is 12.4. The molecule has 11 aromatic rings. The van der Waals surface area contributed by atoms with Crippen LogP contribution in [0.25, 0.3) is 66.4 Å². The summed E-state index contributed by atoms with van der Waals surface area (Å²) < 4.78 is 13.0. The van der Waals surface area contributed by atoms with E-state index in [1.54, 1.807) is 0 Å². The second kappa shape index (κ2) is 14.0. The van der Waals surface area contributed by atoms with Crippen LogP contribution in [-0.4, -0.2) is 4.98 Å². The fourth-order valence-electron chi connectivity index (χ4n) is 8.29. The lowest BCUT2D eigenvalue weighted by Gasteiger charge is -2.34. The van der Waals surface area contributed by atoms with Crippen molar-refractivity contribution < 1.29 is 8.83 Å². The number of oxazole rings is 1. The van der Waals surface area contributed by atoms with Crippen molar-refractivity contribution in [3.05, 3.63) is 212 Å². The number of fused-ring (bicyclic) bond motifs is 5. The fraction of sp³-hybridized carbons (Fsp3) is 0. The molecule has 5 heteroatoms. The number of rotatable bonds is 8.